The van der Waals surface area contributed by atoms with E-state index in [1.54, 1.807) is 11.3 Å². The van der Waals surface area contributed by atoms with Gasteiger partial charge in [-0.1, -0.05) is 0 Å². The quantitative estimate of drug-likeness (QED) is 0.703. The molecule has 5 nitrogen and oxygen atoms in total. The molecule has 2 aliphatic rings. The van der Waals surface area contributed by atoms with Crippen LogP contribution in [0.25, 0.3) is 0 Å². The van der Waals surface area contributed by atoms with Crippen molar-refractivity contribution in [2.24, 2.45) is 5.41 Å². The van der Waals surface area contributed by atoms with Crippen LogP contribution in [0.3, 0.4) is 0 Å². The molecule has 1 aliphatic heterocycles. The van der Waals surface area contributed by atoms with Gasteiger partial charge in [0.1, 0.15) is 0 Å². The van der Waals surface area contributed by atoms with Gasteiger partial charge < -0.3 is 15.1 Å². The van der Waals surface area contributed by atoms with Gasteiger partial charge in [0.15, 0.2) is 0 Å². The second kappa shape index (κ2) is 9.20. The summed E-state index contributed by atoms with van der Waals surface area (Å²) in [5.41, 5.74) is 1.57. The number of nitrogens with one attached hydrogen (secondary N) is 1. The first-order valence-corrected chi connectivity index (χ1v) is 11.3. The SMILES string of the molecule is CCN(CC)C(=O)CCCC(=O)N(Cc1ccsc1)C1CC12CCNCC2. The fourth-order valence-corrected chi connectivity index (χ4v) is 5.11. The number of nitrogens with zero attached hydrogens (tertiary/aromatic N) is 2. The van der Waals surface area contributed by atoms with E-state index < -0.39 is 0 Å². The summed E-state index contributed by atoms with van der Waals surface area (Å²) in [5, 5.41) is 7.66. The molecule has 3 rings (SSSR count). The van der Waals surface area contributed by atoms with Gasteiger partial charge in [-0.2, -0.15) is 11.3 Å². The molecule has 6 heteroatoms. The first kappa shape index (κ1) is 20.3. The van der Waals surface area contributed by atoms with Gasteiger partial charge in [0.05, 0.1) is 0 Å². The summed E-state index contributed by atoms with van der Waals surface area (Å²) in [4.78, 5) is 29.2. The minimum atomic E-state index is 0.165. The third-order valence-corrected chi connectivity index (χ3v) is 7.01. The fraction of sp³-hybridized carbons (Fsp3) is 0.714. The van der Waals surface area contributed by atoms with Gasteiger partial charge in [0.2, 0.25) is 11.8 Å². The lowest BCUT2D eigenvalue weighted by Crippen LogP contribution is -2.39. The Hall–Kier alpha value is -1.40. The fourth-order valence-electron chi connectivity index (χ4n) is 4.45. The molecule has 1 aliphatic carbocycles. The third kappa shape index (κ3) is 4.91. The summed E-state index contributed by atoms with van der Waals surface area (Å²) >= 11 is 1.68. The number of thiophene rings is 1. The van der Waals surface area contributed by atoms with Gasteiger partial charge in [-0.3, -0.25) is 9.59 Å². The van der Waals surface area contributed by atoms with E-state index in [1.807, 2.05) is 18.7 Å². The lowest BCUT2D eigenvalue weighted by molar-refractivity contribution is -0.134. The summed E-state index contributed by atoms with van der Waals surface area (Å²) in [7, 11) is 0. The predicted octanol–water partition coefficient (Wildman–Crippen LogP) is 3.26. The zero-order chi connectivity index (χ0) is 19.3. The van der Waals surface area contributed by atoms with Crippen LogP contribution in [0.1, 0.15) is 57.9 Å². The Bertz CT molecular complexity index is 621. The van der Waals surface area contributed by atoms with Crippen LogP contribution >= 0.6 is 11.3 Å². The van der Waals surface area contributed by atoms with Crippen molar-refractivity contribution in [3.63, 3.8) is 0 Å². The molecular formula is C21H33N3O2S. The van der Waals surface area contributed by atoms with Crippen molar-refractivity contribution < 1.29 is 9.59 Å². The summed E-state index contributed by atoms with van der Waals surface area (Å²) in [6, 6.07) is 2.50. The summed E-state index contributed by atoms with van der Waals surface area (Å²) < 4.78 is 0. The highest BCUT2D eigenvalue weighted by molar-refractivity contribution is 7.07. The van der Waals surface area contributed by atoms with Gasteiger partial charge in [0, 0.05) is 38.5 Å². The molecule has 27 heavy (non-hydrogen) atoms. The maximum Gasteiger partial charge on any atom is 0.223 e. The second-order valence-corrected chi connectivity index (χ2v) is 8.69. The number of hydrogen-bond acceptors (Lipinski definition) is 4. The normalized spacial score (nSPS) is 20.4. The maximum atomic E-state index is 13.1. The van der Waals surface area contributed by atoms with Crippen molar-refractivity contribution in [3.8, 4) is 0 Å². The predicted molar refractivity (Wildman–Crippen MR) is 110 cm³/mol. The number of amides is 2. The van der Waals surface area contributed by atoms with E-state index in [0.29, 0.717) is 37.3 Å². The average Bonchev–Trinajstić information content (AvgIpc) is 3.10. The molecule has 1 N–H and O–H groups in total. The third-order valence-electron chi connectivity index (χ3n) is 6.27. The van der Waals surface area contributed by atoms with Crippen molar-refractivity contribution in [3.05, 3.63) is 22.4 Å². The number of piperidine rings is 1. The van der Waals surface area contributed by atoms with Crippen molar-refractivity contribution in [2.75, 3.05) is 26.2 Å². The highest BCUT2D eigenvalue weighted by Gasteiger charge is 2.57. The summed E-state index contributed by atoms with van der Waals surface area (Å²) in [6.07, 6.45) is 5.08. The Balaban J connectivity index is 1.57. The maximum absolute atomic E-state index is 13.1. The van der Waals surface area contributed by atoms with Crippen LogP contribution in [0.2, 0.25) is 0 Å². The Morgan fingerprint density at radius 1 is 1.19 bits per heavy atom. The molecule has 0 bridgehead atoms. The second-order valence-electron chi connectivity index (χ2n) is 7.91. The number of rotatable bonds is 9. The Morgan fingerprint density at radius 2 is 1.89 bits per heavy atom. The average molecular weight is 392 g/mol. The molecular weight excluding hydrogens is 358 g/mol. The van der Waals surface area contributed by atoms with Gasteiger partial charge in [-0.05, 0) is 80.4 Å². The van der Waals surface area contributed by atoms with Crippen LogP contribution in [0.15, 0.2) is 16.8 Å². The van der Waals surface area contributed by atoms with Crippen LogP contribution < -0.4 is 5.32 Å². The van der Waals surface area contributed by atoms with E-state index in [1.165, 1.54) is 18.4 Å². The smallest absolute Gasteiger partial charge is 0.223 e. The zero-order valence-corrected chi connectivity index (χ0v) is 17.5. The van der Waals surface area contributed by atoms with Crippen molar-refractivity contribution >= 4 is 23.2 Å². The lowest BCUT2D eigenvalue weighted by Gasteiger charge is -2.29. The minimum Gasteiger partial charge on any atom is -0.343 e. The van der Waals surface area contributed by atoms with E-state index in [2.05, 4.69) is 27.0 Å². The van der Waals surface area contributed by atoms with Crippen LogP contribution in [-0.2, 0) is 16.1 Å². The molecule has 1 atom stereocenters. The summed E-state index contributed by atoms with van der Waals surface area (Å²) in [6.45, 7) is 8.33. The molecule has 1 saturated carbocycles. The molecule has 2 amide bonds. The summed E-state index contributed by atoms with van der Waals surface area (Å²) in [5.74, 6) is 0.382. The van der Waals surface area contributed by atoms with Crippen LogP contribution in [0.4, 0.5) is 0 Å². The molecule has 0 radical (unpaired) electrons. The van der Waals surface area contributed by atoms with E-state index in [0.717, 1.165) is 32.6 Å². The Labute approximate surface area is 167 Å². The largest absolute Gasteiger partial charge is 0.343 e. The topological polar surface area (TPSA) is 52.7 Å². The molecule has 2 fully saturated rings. The standard InChI is InChI=1S/C21H33N3O2S/c1-3-23(4-2)19(25)6-5-7-20(26)24(15-17-8-13-27-16-17)18-14-21(18)9-11-22-12-10-21/h8,13,16,18,22H,3-7,9-12,14-15H2,1-2H3. The minimum absolute atomic E-state index is 0.165. The van der Waals surface area contributed by atoms with E-state index in [4.69, 9.17) is 0 Å². The molecule has 150 valence electrons. The van der Waals surface area contributed by atoms with Gasteiger partial charge in [-0.15, -0.1) is 0 Å². The van der Waals surface area contributed by atoms with Gasteiger partial charge in [-0.25, -0.2) is 0 Å². The molecule has 2 heterocycles. The van der Waals surface area contributed by atoms with Crippen LogP contribution in [-0.4, -0.2) is 53.8 Å². The van der Waals surface area contributed by atoms with Crippen molar-refractivity contribution in [1.82, 2.24) is 15.1 Å². The Kier molecular flexibility index (Phi) is 6.93. The molecule has 1 saturated heterocycles. The highest BCUT2D eigenvalue weighted by atomic mass is 32.1. The van der Waals surface area contributed by atoms with E-state index >= 15 is 0 Å². The van der Waals surface area contributed by atoms with Crippen molar-refractivity contribution in [1.29, 1.82) is 0 Å². The monoisotopic (exact) mass is 391 g/mol. The van der Waals surface area contributed by atoms with E-state index in [-0.39, 0.29) is 11.8 Å². The zero-order valence-electron chi connectivity index (χ0n) is 16.7. The Morgan fingerprint density at radius 3 is 2.52 bits per heavy atom. The first-order valence-electron chi connectivity index (χ1n) is 10.4. The first-order chi connectivity index (χ1) is 13.1. The number of hydrogen-bond donors (Lipinski definition) is 1. The highest BCUT2D eigenvalue weighted by Crippen LogP contribution is 2.56. The number of carbonyl (C=O) groups excluding carboxylic acids is 2. The molecule has 1 spiro atoms. The molecule has 1 aromatic rings. The molecule has 1 unspecified atom stereocenters. The number of carbonyl (C=O) groups is 2. The van der Waals surface area contributed by atoms with Crippen LogP contribution in [0.5, 0.6) is 0 Å². The molecule has 1 aromatic heterocycles. The van der Waals surface area contributed by atoms with Crippen LogP contribution in [0, 0.1) is 5.41 Å². The van der Waals surface area contributed by atoms with Gasteiger partial charge >= 0.3 is 0 Å². The van der Waals surface area contributed by atoms with Crippen molar-refractivity contribution in [2.45, 2.75) is 65.0 Å². The van der Waals surface area contributed by atoms with Gasteiger partial charge in [0.25, 0.3) is 0 Å². The lowest BCUT2D eigenvalue weighted by atomic mass is 9.93. The van der Waals surface area contributed by atoms with E-state index in [9.17, 15) is 9.59 Å². The molecule has 0 aromatic carbocycles.